The third kappa shape index (κ3) is 3.83. The van der Waals surface area contributed by atoms with E-state index < -0.39 is 17.6 Å². The van der Waals surface area contributed by atoms with Gasteiger partial charge in [0, 0.05) is 30.1 Å². The van der Waals surface area contributed by atoms with Crippen molar-refractivity contribution in [1.29, 1.82) is 0 Å². The van der Waals surface area contributed by atoms with Gasteiger partial charge < -0.3 is 9.40 Å². The first-order chi connectivity index (χ1) is 13.3. The maximum absolute atomic E-state index is 12.8. The second-order valence-corrected chi connectivity index (χ2v) is 7.01. The molecule has 0 unspecified atom stereocenters. The van der Waals surface area contributed by atoms with Crippen molar-refractivity contribution in [3.05, 3.63) is 74.6 Å². The van der Waals surface area contributed by atoms with Gasteiger partial charge in [-0.2, -0.15) is 13.2 Å². The van der Waals surface area contributed by atoms with Gasteiger partial charge in [-0.15, -0.1) is 0 Å². The van der Waals surface area contributed by atoms with Gasteiger partial charge in [0.2, 0.25) is 5.82 Å². The minimum Gasteiger partial charge on any atom is -0.460 e. The topological polar surface area (TPSA) is 62.1 Å². The zero-order valence-electron chi connectivity index (χ0n) is 14.5. The normalized spacial score (nSPS) is 14.9. The summed E-state index contributed by atoms with van der Waals surface area (Å²) in [6.07, 6.45) is -4.40. The number of nitrogens with zero attached hydrogens (tertiary/aromatic N) is 2. The second kappa shape index (κ2) is 7.10. The van der Waals surface area contributed by atoms with Crippen LogP contribution in [0, 0.1) is 0 Å². The number of alkyl halides is 3. The number of hydrogen-bond acceptors (Lipinski definition) is 4. The first kappa shape index (κ1) is 18.8. The van der Waals surface area contributed by atoms with E-state index in [4.69, 9.17) is 16.0 Å². The maximum atomic E-state index is 12.8. The smallest absolute Gasteiger partial charge is 0.449 e. The van der Waals surface area contributed by atoms with Gasteiger partial charge in [-0.05, 0) is 36.4 Å². The van der Waals surface area contributed by atoms with Crippen molar-refractivity contribution in [2.45, 2.75) is 25.7 Å². The van der Waals surface area contributed by atoms with Crippen molar-refractivity contribution in [3.63, 3.8) is 0 Å². The third-order valence-corrected chi connectivity index (χ3v) is 4.84. The molecule has 3 aromatic rings. The van der Waals surface area contributed by atoms with Crippen molar-refractivity contribution >= 4 is 11.6 Å². The quantitative estimate of drug-likeness (QED) is 0.702. The fourth-order valence-corrected chi connectivity index (χ4v) is 3.33. The molecule has 9 heteroatoms. The summed E-state index contributed by atoms with van der Waals surface area (Å²) >= 11 is 5.89. The van der Waals surface area contributed by atoms with E-state index in [1.807, 2.05) is 34.1 Å². The van der Waals surface area contributed by atoms with Gasteiger partial charge >= 0.3 is 6.18 Å². The molecule has 0 saturated carbocycles. The van der Waals surface area contributed by atoms with Crippen LogP contribution in [0.3, 0.4) is 0 Å². The summed E-state index contributed by atoms with van der Waals surface area (Å²) in [6, 6.07) is 10.9. The van der Waals surface area contributed by atoms with E-state index >= 15 is 0 Å². The number of benzene rings is 1. The fraction of sp³-hybridized carbons (Fsp3) is 0.263. The van der Waals surface area contributed by atoms with E-state index in [-0.39, 0.29) is 24.2 Å². The molecule has 2 aromatic heterocycles. The van der Waals surface area contributed by atoms with Crippen LogP contribution in [0.4, 0.5) is 13.2 Å². The highest BCUT2D eigenvalue weighted by molar-refractivity contribution is 6.30. The zero-order chi connectivity index (χ0) is 19.9. The number of rotatable bonds is 3. The fourth-order valence-electron chi connectivity index (χ4n) is 3.20. The molecular formula is C19H15ClF3N3O2. The third-order valence-electron chi connectivity index (χ3n) is 4.59. The number of halogens is 4. The number of furan rings is 1. The van der Waals surface area contributed by atoms with Crippen molar-refractivity contribution in [2.24, 2.45) is 0 Å². The van der Waals surface area contributed by atoms with E-state index in [9.17, 15) is 18.0 Å². The van der Waals surface area contributed by atoms with E-state index in [0.29, 0.717) is 29.6 Å². The first-order valence-corrected chi connectivity index (χ1v) is 8.93. The van der Waals surface area contributed by atoms with Crippen LogP contribution < -0.4 is 5.56 Å². The number of hydrogen-bond donors (Lipinski definition) is 1. The van der Waals surface area contributed by atoms with Crippen LogP contribution in [0.25, 0.3) is 11.3 Å². The Labute approximate surface area is 162 Å². The SMILES string of the molecule is O=c1[nH]c(C(F)(F)F)nc2c1CN(Cc1ccc(-c3ccc(Cl)cc3)o1)CC2. The predicted octanol–water partition coefficient (Wildman–Crippen LogP) is 4.26. The Morgan fingerprint density at radius 2 is 1.93 bits per heavy atom. The van der Waals surface area contributed by atoms with Crippen LogP contribution in [0.1, 0.15) is 22.8 Å². The highest BCUT2D eigenvalue weighted by Crippen LogP contribution is 2.28. The van der Waals surface area contributed by atoms with Crippen molar-refractivity contribution in [2.75, 3.05) is 6.54 Å². The molecule has 0 amide bonds. The van der Waals surface area contributed by atoms with E-state index in [2.05, 4.69) is 4.98 Å². The Balaban J connectivity index is 1.50. The molecule has 0 fully saturated rings. The van der Waals surface area contributed by atoms with Crippen LogP contribution in [0.15, 0.2) is 45.6 Å². The maximum Gasteiger partial charge on any atom is 0.449 e. The van der Waals surface area contributed by atoms with Crippen molar-refractivity contribution in [1.82, 2.24) is 14.9 Å². The molecule has 1 aromatic carbocycles. The molecule has 4 rings (SSSR count). The number of aromatic amines is 1. The van der Waals surface area contributed by atoms with Gasteiger partial charge in [0.05, 0.1) is 17.8 Å². The number of nitrogens with one attached hydrogen (secondary N) is 1. The van der Waals surface area contributed by atoms with Crippen molar-refractivity contribution < 1.29 is 17.6 Å². The summed E-state index contributed by atoms with van der Waals surface area (Å²) in [7, 11) is 0. The van der Waals surface area contributed by atoms with Crippen molar-refractivity contribution in [3.8, 4) is 11.3 Å². The molecule has 0 radical (unpaired) electrons. The monoisotopic (exact) mass is 409 g/mol. The summed E-state index contributed by atoms with van der Waals surface area (Å²) in [4.78, 5) is 19.5. The van der Waals surface area contributed by atoms with Gasteiger partial charge in [-0.3, -0.25) is 9.69 Å². The molecule has 3 heterocycles. The predicted molar refractivity (Wildman–Crippen MR) is 96.8 cm³/mol. The van der Waals surface area contributed by atoms with E-state index in [0.717, 1.165) is 5.56 Å². The number of H-pyrrole nitrogens is 1. The molecule has 0 spiro atoms. The average molecular weight is 410 g/mol. The summed E-state index contributed by atoms with van der Waals surface area (Å²) in [5, 5.41) is 0.634. The largest absolute Gasteiger partial charge is 0.460 e. The molecule has 1 aliphatic rings. The highest BCUT2D eigenvalue weighted by atomic mass is 35.5. The summed E-state index contributed by atoms with van der Waals surface area (Å²) in [5.74, 6) is 0.145. The second-order valence-electron chi connectivity index (χ2n) is 6.57. The molecule has 0 atom stereocenters. The minimum atomic E-state index is -4.67. The highest BCUT2D eigenvalue weighted by Gasteiger charge is 2.36. The Kier molecular flexibility index (Phi) is 4.76. The van der Waals surface area contributed by atoms with Gasteiger partial charge in [0.25, 0.3) is 5.56 Å². The van der Waals surface area contributed by atoms with Gasteiger partial charge in [0.1, 0.15) is 11.5 Å². The van der Waals surface area contributed by atoms with Gasteiger partial charge in [0.15, 0.2) is 0 Å². The summed E-state index contributed by atoms with van der Waals surface area (Å²) in [6.45, 7) is 1.14. The molecule has 1 N–H and O–H groups in total. The Bertz CT molecular complexity index is 1060. The van der Waals surface area contributed by atoms with Gasteiger partial charge in [-0.1, -0.05) is 11.6 Å². The summed E-state index contributed by atoms with van der Waals surface area (Å²) in [5.41, 5.74) is 0.612. The average Bonchev–Trinajstić information content (AvgIpc) is 3.10. The van der Waals surface area contributed by atoms with Crippen LogP contribution >= 0.6 is 11.6 Å². The molecule has 0 bridgehead atoms. The standard InChI is InChI=1S/C19H15ClF3N3O2/c20-12-3-1-11(2-4-12)16-6-5-13(28-16)9-26-8-7-15-14(10-26)17(27)25-18(24-15)19(21,22)23/h1-6H,7-10H2,(H,24,25,27). The molecule has 5 nitrogen and oxygen atoms in total. The first-order valence-electron chi connectivity index (χ1n) is 8.56. The van der Waals surface area contributed by atoms with Crippen LogP contribution in [-0.4, -0.2) is 21.4 Å². The lowest BCUT2D eigenvalue weighted by Crippen LogP contribution is -2.36. The molecular weight excluding hydrogens is 395 g/mol. The van der Waals surface area contributed by atoms with E-state index in [1.54, 1.807) is 12.1 Å². The molecule has 0 aliphatic carbocycles. The van der Waals surface area contributed by atoms with Crippen LogP contribution in [0.2, 0.25) is 5.02 Å². The number of fused-ring (bicyclic) bond motifs is 1. The number of aromatic nitrogens is 2. The molecule has 0 saturated heterocycles. The molecule has 146 valence electrons. The lowest BCUT2D eigenvalue weighted by atomic mass is 10.1. The van der Waals surface area contributed by atoms with Crippen LogP contribution in [-0.2, 0) is 25.7 Å². The lowest BCUT2D eigenvalue weighted by Gasteiger charge is -2.27. The Hall–Kier alpha value is -2.58. The van der Waals surface area contributed by atoms with Crippen LogP contribution in [0.5, 0.6) is 0 Å². The van der Waals surface area contributed by atoms with Gasteiger partial charge in [-0.25, -0.2) is 4.98 Å². The minimum absolute atomic E-state index is 0.202. The molecule has 1 aliphatic heterocycles. The lowest BCUT2D eigenvalue weighted by molar-refractivity contribution is -0.145. The molecule has 28 heavy (non-hydrogen) atoms. The Morgan fingerprint density at radius 3 is 2.64 bits per heavy atom. The van der Waals surface area contributed by atoms with E-state index in [1.165, 1.54) is 0 Å². The Morgan fingerprint density at radius 1 is 1.18 bits per heavy atom. The zero-order valence-corrected chi connectivity index (χ0v) is 15.3. The summed E-state index contributed by atoms with van der Waals surface area (Å²) < 4.78 is 44.3.